The number of hydrogen-bond donors (Lipinski definition) is 1. The second-order valence-corrected chi connectivity index (χ2v) is 4.94. The van der Waals surface area contributed by atoms with Gasteiger partial charge in [0.15, 0.2) is 11.5 Å². The monoisotopic (exact) mass is 338 g/mol. The number of amides is 1. The van der Waals surface area contributed by atoms with Crippen LogP contribution in [-0.4, -0.2) is 27.2 Å². The number of carbonyl (C=O) groups is 1. The van der Waals surface area contributed by atoms with E-state index in [9.17, 15) is 10.1 Å². The molecule has 0 saturated heterocycles. The molecule has 2 aromatic rings. The summed E-state index contributed by atoms with van der Waals surface area (Å²) in [5, 5.41) is 12.0. The van der Waals surface area contributed by atoms with E-state index in [1.54, 1.807) is 36.4 Å². The van der Waals surface area contributed by atoms with Gasteiger partial charge in [-0.25, -0.2) is 0 Å². The Hall–Kier alpha value is -3.46. The van der Waals surface area contributed by atoms with Gasteiger partial charge in [-0.1, -0.05) is 18.2 Å². The van der Waals surface area contributed by atoms with Crippen molar-refractivity contribution in [3.63, 3.8) is 0 Å². The highest BCUT2D eigenvalue weighted by molar-refractivity contribution is 6.09. The molecule has 0 spiro atoms. The maximum Gasteiger partial charge on any atom is 0.266 e. The Labute approximate surface area is 146 Å². The summed E-state index contributed by atoms with van der Waals surface area (Å²) in [7, 11) is 4.51. The molecule has 0 unspecified atom stereocenters. The number of anilines is 1. The van der Waals surface area contributed by atoms with E-state index in [4.69, 9.17) is 14.2 Å². The van der Waals surface area contributed by atoms with Crippen LogP contribution in [0.4, 0.5) is 5.69 Å². The lowest BCUT2D eigenvalue weighted by Crippen LogP contribution is -2.13. The quantitative estimate of drug-likeness (QED) is 0.646. The summed E-state index contributed by atoms with van der Waals surface area (Å²) in [5.41, 5.74) is 1.07. The first-order chi connectivity index (χ1) is 12.1. The molecule has 2 rings (SSSR count). The van der Waals surface area contributed by atoms with Crippen LogP contribution in [0.15, 0.2) is 48.0 Å². The fourth-order valence-electron chi connectivity index (χ4n) is 2.19. The number of hydrogen-bond acceptors (Lipinski definition) is 5. The second-order valence-electron chi connectivity index (χ2n) is 4.94. The Bertz CT molecular complexity index is 823. The SMILES string of the molecule is COc1cc(OC)c(OC)cc1/C=C(\C#N)C(=O)Nc1ccccc1. The number of para-hydroxylation sites is 1. The smallest absolute Gasteiger partial charge is 0.266 e. The molecule has 0 heterocycles. The van der Waals surface area contributed by atoms with Crippen molar-refractivity contribution in [2.24, 2.45) is 0 Å². The van der Waals surface area contributed by atoms with E-state index in [2.05, 4.69) is 5.32 Å². The minimum atomic E-state index is -0.509. The highest BCUT2D eigenvalue weighted by Gasteiger charge is 2.14. The van der Waals surface area contributed by atoms with Crippen molar-refractivity contribution in [1.82, 2.24) is 0 Å². The van der Waals surface area contributed by atoms with Gasteiger partial charge in [-0.3, -0.25) is 4.79 Å². The Balaban J connectivity index is 2.38. The van der Waals surface area contributed by atoms with Gasteiger partial charge >= 0.3 is 0 Å². The summed E-state index contributed by atoms with van der Waals surface area (Å²) >= 11 is 0. The van der Waals surface area contributed by atoms with Crippen LogP contribution in [0.25, 0.3) is 6.08 Å². The molecule has 1 amide bonds. The molecule has 1 N–H and O–H groups in total. The fraction of sp³-hybridized carbons (Fsp3) is 0.158. The predicted molar refractivity (Wildman–Crippen MR) is 94.8 cm³/mol. The van der Waals surface area contributed by atoms with Crippen molar-refractivity contribution in [3.8, 4) is 23.3 Å². The first kappa shape index (κ1) is 17.9. The van der Waals surface area contributed by atoms with Gasteiger partial charge in [-0.05, 0) is 24.3 Å². The number of rotatable bonds is 6. The maximum atomic E-state index is 12.3. The summed E-state index contributed by atoms with van der Waals surface area (Å²) in [6.45, 7) is 0. The van der Waals surface area contributed by atoms with Gasteiger partial charge in [-0.2, -0.15) is 5.26 Å². The van der Waals surface area contributed by atoms with Crippen LogP contribution in [0, 0.1) is 11.3 Å². The molecule has 6 heteroatoms. The summed E-state index contributed by atoms with van der Waals surface area (Å²) in [6, 6.07) is 14.1. The van der Waals surface area contributed by atoms with E-state index in [1.165, 1.54) is 27.4 Å². The predicted octanol–water partition coefficient (Wildman–Crippen LogP) is 3.26. The molecule has 6 nitrogen and oxygen atoms in total. The summed E-state index contributed by atoms with van der Waals surface area (Å²) in [5.74, 6) is 0.905. The Kier molecular flexibility index (Phi) is 6.02. The zero-order valence-corrected chi connectivity index (χ0v) is 14.2. The van der Waals surface area contributed by atoms with Gasteiger partial charge in [-0.15, -0.1) is 0 Å². The molecule has 0 radical (unpaired) electrons. The fourth-order valence-corrected chi connectivity index (χ4v) is 2.19. The molecular formula is C19H18N2O4. The number of methoxy groups -OCH3 is 3. The zero-order valence-electron chi connectivity index (χ0n) is 14.2. The van der Waals surface area contributed by atoms with Gasteiger partial charge in [0.25, 0.3) is 5.91 Å². The van der Waals surface area contributed by atoms with Crippen molar-refractivity contribution in [1.29, 1.82) is 5.26 Å². The zero-order chi connectivity index (χ0) is 18.2. The van der Waals surface area contributed by atoms with E-state index < -0.39 is 5.91 Å². The summed E-state index contributed by atoms with van der Waals surface area (Å²) in [6.07, 6.45) is 1.44. The standard InChI is InChI=1S/C19H18N2O4/c1-23-16-11-18(25-3)17(24-2)10-13(16)9-14(12-20)19(22)21-15-7-5-4-6-8-15/h4-11H,1-3H3,(H,21,22)/b14-9+. The Morgan fingerprint density at radius 1 is 1.00 bits per heavy atom. The average molecular weight is 338 g/mol. The van der Waals surface area contributed by atoms with Crippen molar-refractivity contribution in [2.45, 2.75) is 0 Å². The molecule has 0 atom stereocenters. The first-order valence-corrected chi connectivity index (χ1v) is 7.41. The molecule has 0 fully saturated rings. The number of nitrogens with one attached hydrogen (secondary N) is 1. The van der Waals surface area contributed by atoms with Crippen LogP contribution in [0.2, 0.25) is 0 Å². The minimum Gasteiger partial charge on any atom is -0.496 e. The Morgan fingerprint density at radius 2 is 1.60 bits per heavy atom. The first-order valence-electron chi connectivity index (χ1n) is 7.41. The normalized spacial score (nSPS) is 10.6. The molecular weight excluding hydrogens is 320 g/mol. The van der Waals surface area contributed by atoms with Gasteiger partial charge in [0.05, 0.1) is 21.3 Å². The molecule has 0 aliphatic carbocycles. The molecule has 0 aliphatic rings. The van der Waals surface area contributed by atoms with E-state index in [0.29, 0.717) is 28.5 Å². The third-order valence-corrected chi connectivity index (χ3v) is 3.43. The van der Waals surface area contributed by atoms with Crippen molar-refractivity contribution >= 4 is 17.7 Å². The molecule has 0 bridgehead atoms. The summed E-state index contributed by atoms with van der Waals surface area (Å²) in [4.78, 5) is 12.3. The lowest BCUT2D eigenvalue weighted by molar-refractivity contribution is -0.112. The van der Waals surface area contributed by atoms with Crippen LogP contribution < -0.4 is 19.5 Å². The maximum absolute atomic E-state index is 12.3. The van der Waals surface area contributed by atoms with Crippen molar-refractivity contribution in [2.75, 3.05) is 26.6 Å². The number of nitriles is 1. The molecule has 25 heavy (non-hydrogen) atoms. The van der Waals surface area contributed by atoms with Gasteiger partial charge in [0.2, 0.25) is 0 Å². The van der Waals surface area contributed by atoms with E-state index in [1.807, 2.05) is 12.1 Å². The van der Waals surface area contributed by atoms with Crippen LogP contribution in [-0.2, 0) is 4.79 Å². The van der Waals surface area contributed by atoms with Gasteiger partial charge in [0.1, 0.15) is 17.4 Å². The Morgan fingerprint density at radius 3 is 2.16 bits per heavy atom. The van der Waals surface area contributed by atoms with Crippen LogP contribution >= 0.6 is 0 Å². The van der Waals surface area contributed by atoms with Crippen molar-refractivity contribution in [3.05, 3.63) is 53.6 Å². The topological polar surface area (TPSA) is 80.6 Å². The highest BCUT2D eigenvalue weighted by atomic mass is 16.5. The summed E-state index contributed by atoms with van der Waals surface area (Å²) < 4.78 is 15.8. The van der Waals surface area contributed by atoms with Crippen molar-refractivity contribution < 1.29 is 19.0 Å². The van der Waals surface area contributed by atoms with Gasteiger partial charge in [0, 0.05) is 17.3 Å². The third-order valence-electron chi connectivity index (χ3n) is 3.43. The van der Waals surface area contributed by atoms with Crippen LogP contribution in [0.3, 0.4) is 0 Å². The number of nitrogens with zero attached hydrogens (tertiary/aromatic N) is 1. The van der Waals surface area contributed by atoms with Crippen LogP contribution in [0.1, 0.15) is 5.56 Å². The second kappa shape index (κ2) is 8.41. The minimum absolute atomic E-state index is 0.0608. The molecule has 128 valence electrons. The largest absolute Gasteiger partial charge is 0.496 e. The number of carbonyl (C=O) groups excluding carboxylic acids is 1. The lowest BCUT2D eigenvalue weighted by Gasteiger charge is -2.12. The van der Waals surface area contributed by atoms with E-state index in [-0.39, 0.29) is 5.57 Å². The van der Waals surface area contributed by atoms with Crippen LogP contribution in [0.5, 0.6) is 17.2 Å². The lowest BCUT2D eigenvalue weighted by atomic mass is 10.1. The molecule has 0 aliphatic heterocycles. The number of benzene rings is 2. The van der Waals surface area contributed by atoms with E-state index in [0.717, 1.165) is 0 Å². The number of ether oxygens (including phenoxy) is 3. The average Bonchev–Trinajstić information content (AvgIpc) is 2.66. The molecule has 0 saturated carbocycles. The van der Waals surface area contributed by atoms with Gasteiger partial charge < -0.3 is 19.5 Å². The molecule has 0 aromatic heterocycles. The third kappa shape index (κ3) is 4.30. The molecule has 2 aromatic carbocycles. The highest BCUT2D eigenvalue weighted by Crippen LogP contribution is 2.35. The van der Waals surface area contributed by atoms with E-state index >= 15 is 0 Å².